The van der Waals surface area contributed by atoms with Crippen molar-refractivity contribution in [1.29, 1.82) is 0 Å². The summed E-state index contributed by atoms with van der Waals surface area (Å²) in [5.74, 6) is 1.88. The molecule has 8 nitrogen and oxygen atoms in total. The molecule has 154 valence electrons. The van der Waals surface area contributed by atoms with Gasteiger partial charge in [-0.1, -0.05) is 52.9 Å². The summed E-state index contributed by atoms with van der Waals surface area (Å²) in [6, 6.07) is 9.91. The van der Waals surface area contributed by atoms with Crippen LogP contribution in [0.2, 0.25) is 0 Å². The summed E-state index contributed by atoms with van der Waals surface area (Å²) in [5, 5.41) is 21.4. The number of furan rings is 1. The topological polar surface area (TPSA) is 98.7 Å². The number of carbonyl (C=O) groups excluding carboxylic acids is 1. The molecule has 0 spiro atoms. The molecule has 1 amide bonds. The fraction of sp³-hybridized carbons (Fsp3) is 0.250. The minimum atomic E-state index is -0.222. The van der Waals surface area contributed by atoms with E-state index < -0.39 is 0 Å². The Morgan fingerprint density at radius 1 is 1.13 bits per heavy atom. The van der Waals surface area contributed by atoms with E-state index in [-0.39, 0.29) is 5.91 Å². The second-order valence-electron chi connectivity index (χ2n) is 6.71. The zero-order valence-electron chi connectivity index (χ0n) is 16.7. The molecule has 0 fully saturated rings. The molecule has 4 rings (SSSR count). The van der Waals surface area contributed by atoms with Crippen LogP contribution < -0.4 is 5.32 Å². The number of aromatic nitrogens is 5. The van der Waals surface area contributed by atoms with Gasteiger partial charge < -0.3 is 14.3 Å². The second-order valence-corrected chi connectivity index (χ2v) is 8.72. The number of carbonyl (C=O) groups is 1. The molecule has 0 aliphatic carbocycles. The van der Waals surface area contributed by atoms with Gasteiger partial charge in [0.25, 0.3) is 5.91 Å². The number of aryl methyl sites for hydroxylation is 2. The zero-order chi connectivity index (χ0) is 21.1. The fourth-order valence-electron chi connectivity index (χ4n) is 2.79. The van der Waals surface area contributed by atoms with Crippen molar-refractivity contribution in [3.63, 3.8) is 0 Å². The van der Waals surface area contributed by atoms with Crippen molar-refractivity contribution < 1.29 is 9.21 Å². The number of hydrogen-bond acceptors (Lipinski definition) is 8. The number of rotatable bonds is 7. The minimum absolute atomic E-state index is 0.222. The summed E-state index contributed by atoms with van der Waals surface area (Å²) >= 11 is 2.78. The number of nitrogens with zero attached hydrogens (tertiary/aromatic N) is 5. The van der Waals surface area contributed by atoms with Crippen LogP contribution >= 0.6 is 23.1 Å². The van der Waals surface area contributed by atoms with Crippen LogP contribution in [0.1, 0.15) is 31.7 Å². The molecule has 10 heteroatoms. The lowest BCUT2D eigenvalue weighted by Crippen LogP contribution is -2.22. The van der Waals surface area contributed by atoms with Gasteiger partial charge in [0.15, 0.2) is 11.0 Å². The van der Waals surface area contributed by atoms with E-state index in [0.717, 1.165) is 32.9 Å². The average molecular weight is 441 g/mol. The normalized spacial score (nSPS) is 11.0. The Morgan fingerprint density at radius 3 is 2.67 bits per heavy atom. The highest BCUT2D eigenvalue weighted by molar-refractivity contribution is 7.98. The highest BCUT2D eigenvalue weighted by atomic mass is 32.2. The Labute approximate surface area is 181 Å². The van der Waals surface area contributed by atoms with Gasteiger partial charge >= 0.3 is 0 Å². The third-order valence-corrected chi connectivity index (χ3v) is 6.63. The summed E-state index contributed by atoms with van der Waals surface area (Å²) in [6.07, 6.45) is 1.64. The Morgan fingerprint density at radius 2 is 1.93 bits per heavy atom. The molecular weight excluding hydrogens is 420 g/mol. The largest absolute Gasteiger partial charge is 0.469 e. The third kappa shape index (κ3) is 4.44. The molecule has 30 heavy (non-hydrogen) atoms. The first-order valence-corrected chi connectivity index (χ1v) is 11.0. The van der Waals surface area contributed by atoms with Gasteiger partial charge in [0.05, 0.1) is 17.6 Å². The van der Waals surface area contributed by atoms with Crippen molar-refractivity contribution in [2.45, 2.75) is 31.3 Å². The van der Waals surface area contributed by atoms with Crippen LogP contribution in [0.15, 0.2) is 46.2 Å². The van der Waals surface area contributed by atoms with Crippen LogP contribution in [0.5, 0.6) is 0 Å². The maximum Gasteiger partial charge on any atom is 0.282 e. The summed E-state index contributed by atoms with van der Waals surface area (Å²) in [4.78, 5) is 12.3. The van der Waals surface area contributed by atoms with E-state index in [2.05, 4.69) is 25.7 Å². The van der Waals surface area contributed by atoms with E-state index >= 15 is 0 Å². The number of amides is 1. The van der Waals surface area contributed by atoms with Crippen LogP contribution in [0, 0.1) is 13.8 Å². The molecule has 1 aromatic carbocycles. The van der Waals surface area contributed by atoms with Gasteiger partial charge in [0, 0.05) is 13.6 Å². The molecule has 0 bridgehead atoms. The second kappa shape index (κ2) is 8.80. The summed E-state index contributed by atoms with van der Waals surface area (Å²) in [7, 11) is 1.91. The molecule has 3 aromatic heterocycles. The van der Waals surface area contributed by atoms with Crippen LogP contribution in [0.25, 0.3) is 11.4 Å². The highest BCUT2D eigenvalue weighted by Gasteiger charge is 2.17. The van der Waals surface area contributed by atoms with Crippen molar-refractivity contribution in [2.75, 3.05) is 0 Å². The molecule has 3 heterocycles. The van der Waals surface area contributed by atoms with Crippen molar-refractivity contribution in [3.05, 3.63) is 63.5 Å². The first kappa shape index (κ1) is 20.3. The molecule has 0 atom stereocenters. The average Bonchev–Trinajstić information content (AvgIpc) is 3.46. The number of hydrogen-bond donors (Lipinski definition) is 1. The lowest BCUT2D eigenvalue weighted by Gasteiger charge is -2.03. The highest BCUT2D eigenvalue weighted by Crippen LogP contribution is 2.28. The number of thioether (sulfide) groups is 1. The van der Waals surface area contributed by atoms with Crippen molar-refractivity contribution in [1.82, 2.24) is 30.3 Å². The fourth-order valence-corrected chi connectivity index (χ4v) is 4.44. The zero-order valence-corrected chi connectivity index (χ0v) is 18.4. The van der Waals surface area contributed by atoms with Gasteiger partial charge in [0.1, 0.15) is 10.8 Å². The van der Waals surface area contributed by atoms with Crippen molar-refractivity contribution in [2.24, 2.45) is 7.05 Å². The van der Waals surface area contributed by atoms with Gasteiger partial charge in [-0.25, -0.2) is 0 Å². The molecule has 1 N–H and O–H groups in total. The standard InChI is InChI=1S/C20H20N6O2S2/c1-12-4-6-14(7-5-12)10-21-18(27)19-24-22-16(30-19)11-29-20-25-23-17(26(20)3)15-8-9-28-13(15)2/h4-9H,10-11H2,1-3H3,(H,21,27). The lowest BCUT2D eigenvalue weighted by atomic mass is 10.1. The quantitative estimate of drug-likeness (QED) is 0.437. The van der Waals surface area contributed by atoms with Crippen LogP contribution in [-0.4, -0.2) is 30.9 Å². The van der Waals surface area contributed by atoms with E-state index in [1.165, 1.54) is 28.7 Å². The monoisotopic (exact) mass is 440 g/mol. The van der Waals surface area contributed by atoms with Crippen molar-refractivity contribution >= 4 is 29.0 Å². The van der Waals surface area contributed by atoms with Gasteiger partial charge in [0.2, 0.25) is 5.01 Å². The van der Waals surface area contributed by atoms with Crippen LogP contribution in [0.4, 0.5) is 0 Å². The third-order valence-electron chi connectivity index (χ3n) is 4.49. The van der Waals surface area contributed by atoms with Gasteiger partial charge in [-0.15, -0.1) is 20.4 Å². The van der Waals surface area contributed by atoms with Gasteiger partial charge in [-0.2, -0.15) is 0 Å². The summed E-state index contributed by atoms with van der Waals surface area (Å²) < 4.78 is 7.26. The lowest BCUT2D eigenvalue weighted by molar-refractivity contribution is 0.0950. The Balaban J connectivity index is 1.35. The Hall–Kier alpha value is -2.98. The molecule has 0 saturated heterocycles. The predicted molar refractivity (Wildman–Crippen MR) is 115 cm³/mol. The number of benzene rings is 1. The summed E-state index contributed by atoms with van der Waals surface area (Å²) in [5.41, 5.74) is 3.15. The molecule has 4 aromatic rings. The minimum Gasteiger partial charge on any atom is -0.469 e. The van der Waals surface area contributed by atoms with Gasteiger partial charge in [-0.05, 0) is 25.5 Å². The molecule has 0 aliphatic heterocycles. The van der Waals surface area contributed by atoms with E-state index in [1.807, 2.05) is 55.8 Å². The van der Waals surface area contributed by atoms with Crippen molar-refractivity contribution in [3.8, 4) is 11.4 Å². The molecule has 0 radical (unpaired) electrons. The van der Waals surface area contributed by atoms with E-state index in [1.54, 1.807) is 6.26 Å². The predicted octanol–water partition coefficient (Wildman–Crippen LogP) is 3.77. The number of nitrogens with one attached hydrogen (secondary N) is 1. The van der Waals surface area contributed by atoms with Crippen LogP contribution in [0.3, 0.4) is 0 Å². The van der Waals surface area contributed by atoms with Gasteiger partial charge in [-0.3, -0.25) is 4.79 Å². The van der Waals surface area contributed by atoms with Crippen LogP contribution in [-0.2, 0) is 19.3 Å². The summed E-state index contributed by atoms with van der Waals surface area (Å²) in [6.45, 7) is 4.38. The first-order valence-electron chi connectivity index (χ1n) is 9.24. The SMILES string of the molecule is Cc1ccc(CNC(=O)c2nnc(CSc3nnc(-c4ccoc4C)n3C)s2)cc1. The van der Waals surface area contributed by atoms with E-state index in [4.69, 9.17) is 4.42 Å². The molecule has 0 aliphatic rings. The first-order chi connectivity index (χ1) is 14.5. The molecule has 0 unspecified atom stereocenters. The Kier molecular flexibility index (Phi) is 5.96. The Bertz CT molecular complexity index is 1160. The maximum atomic E-state index is 12.3. The smallest absolute Gasteiger partial charge is 0.282 e. The maximum absolute atomic E-state index is 12.3. The molecular formula is C20H20N6O2S2. The molecule has 0 saturated carbocycles. The van der Waals surface area contributed by atoms with E-state index in [0.29, 0.717) is 17.3 Å². The van der Waals surface area contributed by atoms with E-state index in [9.17, 15) is 4.79 Å².